The van der Waals surface area contributed by atoms with Gasteiger partial charge in [-0.3, -0.25) is 5.32 Å². The first-order valence-corrected chi connectivity index (χ1v) is 7.81. The van der Waals surface area contributed by atoms with Crippen molar-refractivity contribution >= 4 is 11.8 Å². The first kappa shape index (κ1) is 14.6. The fraction of sp³-hybridized carbons (Fsp3) is 0.412. The number of rotatable bonds is 2. The van der Waals surface area contributed by atoms with Crippen molar-refractivity contribution in [1.29, 1.82) is 0 Å². The van der Waals surface area contributed by atoms with E-state index in [1.54, 1.807) is 4.68 Å². The summed E-state index contributed by atoms with van der Waals surface area (Å²) in [6, 6.07) is 9.85. The van der Waals surface area contributed by atoms with Gasteiger partial charge in [-0.25, -0.2) is 9.48 Å². The van der Waals surface area contributed by atoms with Crippen LogP contribution in [-0.2, 0) is 0 Å². The third-order valence-corrected chi connectivity index (χ3v) is 4.09. The molecule has 5 nitrogen and oxygen atoms in total. The Hall–Kier alpha value is -2.30. The van der Waals surface area contributed by atoms with Crippen LogP contribution in [0.1, 0.15) is 25.3 Å². The van der Waals surface area contributed by atoms with Gasteiger partial charge in [0.05, 0.1) is 5.69 Å². The number of likely N-dealkylation sites (tertiary alicyclic amines) is 1. The normalized spacial score (nSPS) is 18.3. The molecule has 22 heavy (non-hydrogen) atoms. The molecule has 1 aromatic heterocycles. The van der Waals surface area contributed by atoms with Crippen LogP contribution >= 0.6 is 0 Å². The van der Waals surface area contributed by atoms with E-state index < -0.39 is 0 Å². The van der Waals surface area contributed by atoms with Gasteiger partial charge in [0, 0.05) is 24.8 Å². The molecule has 0 aliphatic carbocycles. The number of para-hydroxylation sites is 1. The summed E-state index contributed by atoms with van der Waals surface area (Å²) in [6.07, 6.45) is 4.21. The molecular weight excluding hydrogens is 276 g/mol. The molecule has 1 saturated heterocycles. The second kappa shape index (κ2) is 6.22. The van der Waals surface area contributed by atoms with Crippen molar-refractivity contribution in [2.75, 3.05) is 18.4 Å². The number of amides is 2. The molecule has 0 radical (unpaired) electrons. The van der Waals surface area contributed by atoms with Gasteiger partial charge in [-0.15, -0.1) is 5.10 Å². The van der Waals surface area contributed by atoms with Gasteiger partial charge in [-0.1, -0.05) is 25.1 Å². The maximum atomic E-state index is 12.4. The molecule has 1 atom stereocenters. The van der Waals surface area contributed by atoms with Crippen LogP contribution in [0.4, 0.5) is 10.6 Å². The van der Waals surface area contributed by atoms with Gasteiger partial charge in [-0.2, -0.15) is 0 Å². The van der Waals surface area contributed by atoms with Crippen molar-refractivity contribution < 1.29 is 4.79 Å². The molecule has 1 N–H and O–H groups in total. The highest BCUT2D eigenvalue weighted by molar-refractivity contribution is 5.89. The van der Waals surface area contributed by atoms with Crippen LogP contribution in [0.2, 0.25) is 0 Å². The van der Waals surface area contributed by atoms with Crippen LogP contribution in [0.15, 0.2) is 36.5 Å². The highest BCUT2D eigenvalue weighted by atomic mass is 16.2. The Balaban J connectivity index is 1.73. The molecule has 1 aliphatic rings. The van der Waals surface area contributed by atoms with E-state index in [0.29, 0.717) is 11.7 Å². The molecule has 2 aromatic rings. The fourth-order valence-electron chi connectivity index (χ4n) is 2.85. The summed E-state index contributed by atoms with van der Waals surface area (Å²) in [7, 11) is 0. The topological polar surface area (TPSA) is 50.2 Å². The number of hydrogen-bond donors (Lipinski definition) is 1. The first-order chi connectivity index (χ1) is 10.6. The van der Waals surface area contributed by atoms with Crippen LogP contribution in [0.25, 0.3) is 5.69 Å². The van der Waals surface area contributed by atoms with Gasteiger partial charge in [0.25, 0.3) is 0 Å². The molecule has 0 spiro atoms. The summed E-state index contributed by atoms with van der Waals surface area (Å²) in [5, 5.41) is 7.44. The lowest BCUT2D eigenvalue weighted by Crippen LogP contribution is -2.41. The summed E-state index contributed by atoms with van der Waals surface area (Å²) in [6.45, 7) is 5.80. The second-order valence-corrected chi connectivity index (χ2v) is 6.06. The number of nitrogens with one attached hydrogen (secondary N) is 1. The molecule has 0 bridgehead atoms. The molecule has 2 amide bonds. The summed E-state index contributed by atoms with van der Waals surface area (Å²) in [5.41, 5.74) is 1.94. The van der Waals surface area contributed by atoms with Crippen LogP contribution in [0, 0.1) is 12.8 Å². The minimum atomic E-state index is -0.0482. The molecule has 2 heterocycles. The van der Waals surface area contributed by atoms with Crippen molar-refractivity contribution in [3.63, 3.8) is 0 Å². The Morgan fingerprint density at radius 1 is 1.32 bits per heavy atom. The number of aryl methyl sites for hydroxylation is 1. The number of benzene rings is 1. The van der Waals surface area contributed by atoms with Gasteiger partial charge in [0.1, 0.15) is 0 Å². The zero-order chi connectivity index (χ0) is 15.5. The zero-order valence-corrected chi connectivity index (χ0v) is 13.1. The van der Waals surface area contributed by atoms with E-state index in [1.807, 2.05) is 48.4 Å². The van der Waals surface area contributed by atoms with Crippen molar-refractivity contribution in [2.24, 2.45) is 5.92 Å². The third-order valence-electron chi connectivity index (χ3n) is 4.09. The van der Waals surface area contributed by atoms with Gasteiger partial charge < -0.3 is 4.90 Å². The summed E-state index contributed by atoms with van der Waals surface area (Å²) < 4.78 is 1.80. The van der Waals surface area contributed by atoms with Gasteiger partial charge >= 0.3 is 6.03 Å². The SMILES string of the molecule is Cc1cn(-c2ccccc2)nc1NC(=O)N1CCC[C@H](C)C1. The van der Waals surface area contributed by atoms with Gasteiger partial charge in [-0.05, 0) is 37.8 Å². The Bertz CT molecular complexity index is 650. The van der Waals surface area contributed by atoms with Crippen molar-refractivity contribution in [3.8, 4) is 5.69 Å². The van der Waals surface area contributed by atoms with E-state index in [-0.39, 0.29) is 6.03 Å². The number of carbonyl (C=O) groups is 1. The molecule has 1 aromatic carbocycles. The van der Waals surface area contributed by atoms with Crippen molar-refractivity contribution in [1.82, 2.24) is 14.7 Å². The lowest BCUT2D eigenvalue weighted by molar-refractivity contribution is 0.182. The monoisotopic (exact) mass is 298 g/mol. The van der Waals surface area contributed by atoms with E-state index in [9.17, 15) is 4.79 Å². The number of nitrogens with zero attached hydrogens (tertiary/aromatic N) is 3. The minimum Gasteiger partial charge on any atom is -0.324 e. The van der Waals surface area contributed by atoms with Crippen molar-refractivity contribution in [3.05, 3.63) is 42.1 Å². The number of hydrogen-bond acceptors (Lipinski definition) is 2. The van der Waals surface area contributed by atoms with Crippen LogP contribution in [-0.4, -0.2) is 33.8 Å². The van der Waals surface area contributed by atoms with Gasteiger partial charge in [0.2, 0.25) is 0 Å². The molecule has 0 unspecified atom stereocenters. The number of piperidine rings is 1. The molecule has 3 rings (SSSR count). The largest absolute Gasteiger partial charge is 0.324 e. The molecule has 0 saturated carbocycles. The Kier molecular flexibility index (Phi) is 4.13. The molecule has 1 fully saturated rings. The average Bonchev–Trinajstić information content (AvgIpc) is 2.89. The second-order valence-electron chi connectivity index (χ2n) is 6.06. The predicted molar refractivity (Wildman–Crippen MR) is 87.3 cm³/mol. The first-order valence-electron chi connectivity index (χ1n) is 7.81. The van der Waals surface area contributed by atoms with E-state index in [0.717, 1.165) is 30.8 Å². The summed E-state index contributed by atoms with van der Waals surface area (Å²) in [5.74, 6) is 1.20. The smallest absolute Gasteiger partial charge is 0.323 e. The lowest BCUT2D eigenvalue weighted by atomic mass is 10.0. The highest BCUT2D eigenvalue weighted by Gasteiger charge is 2.22. The maximum absolute atomic E-state index is 12.4. The van der Waals surface area contributed by atoms with Crippen LogP contribution < -0.4 is 5.32 Å². The molecular formula is C17H22N4O. The predicted octanol–water partition coefficient (Wildman–Crippen LogP) is 3.44. The lowest BCUT2D eigenvalue weighted by Gasteiger charge is -2.30. The Morgan fingerprint density at radius 3 is 2.82 bits per heavy atom. The van der Waals surface area contributed by atoms with E-state index in [2.05, 4.69) is 17.3 Å². The van der Waals surface area contributed by atoms with Crippen molar-refractivity contribution in [2.45, 2.75) is 26.7 Å². The number of urea groups is 1. The Morgan fingerprint density at radius 2 is 2.09 bits per heavy atom. The molecule has 5 heteroatoms. The standard InChI is InChI=1S/C17H22N4O/c1-13-7-6-10-20(11-13)17(22)18-16-14(2)12-21(19-16)15-8-4-3-5-9-15/h3-5,8-9,12-13H,6-7,10-11H2,1-2H3,(H,18,19,22)/t13-/m0/s1. The summed E-state index contributed by atoms with van der Waals surface area (Å²) in [4.78, 5) is 14.3. The molecule has 1 aliphatic heterocycles. The van der Waals surface area contributed by atoms with E-state index in [4.69, 9.17) is 0 Å². The Labute approximate surface area is 130 Å². The third kappa shape index (κ3) is 3.13. The summed E-state index contributed by atoms with van der Waals surface area (Å²) >= 11 is 0. The average molecular weight is 298 g/mol. The molecule has 116 valence electrons. The number of aromatic nitrogens is 2. The van der Waals surface area contributed by atoms with Crippen LogP contribution in [0.3, 0.4) is 0 Å². The fourth-order valence-corrected chi connectivity index (χ4v) is 2.85. The number of carbonyl (C=O) groups excluding carboxylic acids is 1. The van der Waals surface area contributed by atoms with E-state index in [1.165, 1.54) is 6.42 Å². The van der Waals surface area contributed by atoms with Gasteiger partial charge in [0.15, 0.2) is 5.82 Å². The van der Waals surface area contributed by atoms with Crippen LogP contribution in [0.5, 0.6) is 0 Å². The quantitative estimate of drug-likeness (QED) is 0.923. The minimum absolute atomic E-state index is 0.0482. The van der Waals surface area contributed by atoms with E-state index >= 15 is 0 Å². The highest BCUT2D eigenvalue weighted by Crippen LogP contribution is 2.19. The maximum Gasteiger partial charge on any atom is 0.323 e. The number of anilines is 1. The zero-order valence-electron chi connectivity index (χ0n) is 13.1.